The fourth-order valence-electron chi connectivity index (χ4n) is 2.28. The van der Waals surface area contributed by atoms with Gasteiger partial charge in [-0.3, -0.25) is 0 Å². The number of nitrogens with zero attached hydrogens (tertiary/aromatic N) is 3. The van der Waals surface area contributed by atoms with Crippen molar-refractivity contribution < 1.29 is 0 Å². The summed E-state index contributed by atoms with van der Waals surface area (Å²) in [4.78, 5) is 0. The number of rotatable bonds is 2. The summed E-state index contributed by atoms with van der Waals surface area (Å²) in [5.74, 6) is 2.28. The molecule has 0 saturated heterocycles. The highest BCUT2D eigenvalue weighted by Crippen LogP contribution is 2.16. The number of hydrogen-bond acceptors (Lipinski definition) is 2. The van der Waals surface area contributed by atoms with E-state index < -0.39 is 0 Å². The van der Waals surface area contributed by atoms with Gasteiger partial charge in [0, 0.05) is 19.4 Å². The van der Waals surface area contributed by atoms with Gasteiger partial charge in [-0.2, -0.15) is 0 Å². The molecule has 0 bridgehead atoms. The zero-order valence-electron chi connectivity index (χ0n) is 9.26. The van der Waals surface area contributed by atoms with Crippen LogP contribution in [0.4, 0.5) is 0 Å². The zero-order valence-corrected chi connectivity index (χ0v) is 9.26. The fourth-order valence-corrected chi connectivity index (χ4v) is 2.28. The first kappa shape index (κ1) is 9.58. The Hall–Kier alpha value is -1.64. The summed E-state index contributed by atoms with van der Waals surface area (Å²) in [6, 6.07) is 10.5. The third kappa shape index (κ3) is 1.73. The van der Waals surface area contributed by atoms with Gasteiger partial charge in [-0.1, -0.05) is 30.3 Å². The molecule has 2 heterocycles. The Balaban J connectivity index is 1.88. The molecule has 3 nitrogen and oxygen atoms in total. The zero-order chi connectivity index (χ0) is 10.8. The normalized spacial score (nSPS) is 14.8. The van der Waals surface area contributed by atoms with Crippen molar-refractivity contribution in [1.29, 1.82) is 0 Å². The van der Waals surface area contributed by atoms with Crippen molar-refractivity contribution in [3.8, 4) is 0 Å². The van der Waals surface area contributed by atoms with E-state index in [1.54, 1.807) is 0 Å². The maximum atomic E-state index is 4.31. The van der Waals surface area contributed by atoms with Gasteiger partial charge in [0.2, 0.25) is 0 Å². The molecule has 0 N–H and O–H groups in total. The van der Waals surface area contributed by atoms with E-state index in [0.717, 1.165) is 31.0 Å². The largest absolute Gasteiger partial charge is 0.315 e. The van der Waals surface area contributed by atoms with Gasteiger partial charge in [-0.15, -0.1) is 10.2 Å². The molecule has 3 rings (SSSR count). The van der Waals surface area contributed by atoms with Gasteiger partial charge in [0.1, 0.15) is 11.6 Å². The van der Waals surface area contributed by atoms with Crippen molar-refractivity contribution in [1.82, 2.24) is 14.8 Å². The van der Waals surface area contributed by atoms with E-state index in [2.05, 4.69) is 39.0 Å². The quantitative estimate of drug-likeness (QED) is 0.765. The molecule has 16 heavy (non-hydrogen) atoms. The molecule has 0 atom stereocenters. The molecule has 0 aliphatic carbocycles. The molecular formula is C13H15N3. The smallest absolute Gasteiger partial charge is 0.137 e. The van der Waals surface area contributed by atoms with Crippen LogP contribution in [0.2, 0.25) is 0 Å². The van der Waals surface area contributed by atoms with E-state index in [-0.39, 0.29) is 0 Å². The van der Waals surface area contributed by atoms with E-state index in [1.807, 2.05) is 6.07 Å². The standard InChI is InChI=1S/C13H15N3/c1-2-6-11(7-3-1)10-13-15-14-12-8-4-5-9-16(12)13/h1-3,6-7H,4-5,8-10H2. The third-order valence-corrected chi connectivity index (χ3v) is 3.14. The number of benzene rings is 1. The summed E-state index contributed by atoms with van der Waals surface area (Å²) >= 11 is 0. The Kier molecular flexibility index (Phi) is 2.44. The van der Waals surface area contributed by atoms with Gasteiger partial charge in [-0.05, 0) is 18.4 Å². The van der Waals surface area contributed by atoms with Crippen molar-refractivity contribution in [2.45, 2.75) is 32.2 Å². The minimum absolute atomic E-state index is 0.897. The predicted octanol–water partition coefficient (Wildman–Crippen LogP) is 2.21. The molecule has 1 aromatic heterocycles. The van der Waals surface area contributed by atoms with Crippen LogP contribution in [-0.2, 0) is 19.4 Å². The van der Waals surface area contributed by atoms with Crippen LogP contribution >= 0.6 is 0 Å². The first-order chi connectivity index (χ1) is 7.93. The molecule has 82 valence electrons. The summed E-state index contributed by atoms with van der Waals surface area (Å²) in [5.41, 5.74) is 1.31. The van der Waals surface area contributed by atoms with Crippen molar-refractivity contribution in [2.75, 3.05) is 0 Å². The fraction of sp³-hybridized carbons (Fsp3) is 0.385. The Bertz CT molecular complexity index is 473. The lowest BCUT2D eigenvalue weighted by atomic mass is 10.1. The minimum Gasteiger partial charge on any atom is -0.315 e. The Morgan fingerprint density at radius 2 is 1.94 bits per heavy atom. The van der Waals surface area contributed by atoms with Crippen LogP contribution in [-0.4, -0.2) is 14.8 Å². The summed E-state index contributed by atoms with van der Waals surface area (Å²) in [6.07, 6.45) is 4.49. The first-order valence-electron chi connectivity index (χ1n) is 5.88. The van der Waals surface area contributed by atoms with Crippen molar-refractivity contribution in [3.63, 3.8) is 0 Å². The lowest BCUT2D eigenvalue weighted by molar-refractivity contribution is 0.510. The van der Waals surface area contributed by atoms with E-state index in [9.17, 15) is 0 Å². The van der Waals surface area contributed by atoms with Gasteiger partial charge < -0.3 is 4.57 Å². The van der Waals surface area contributed by atoms with Crippen LogP contribution in [0.5, 0.6) is 0 Å². The van der Waals surface area contributed by atoms with E-state index in [4.69, 9.17) is 0 Å². The second kappa shape index (κ2) is 4.08. The molecular weight excluding hydrogens is 198 g/mol. The number of aryl methyl sites for hydroxylation is 1. The van der Waals surface area contributed by atoms with E-state index in [1.165, 1.54) is 18.4 Å². The lowest BCUT2D eigenvalue weighted by Gasteiger charge is -2.14. The van der Waals surface area contributed by atoms with Crippen LogP contribution < -0.4 is 0 Å². The molecule has 3 heteroatoms. The summed E-state index contributed by atoms with van der Waals surface area (Å²) in [6.45, 7) is 1.09. The molecule has 0 fully saturated rings. The van der Waals surface area contributed by atoms with Crippen LogP contribution in [0.15, 0.2) is 30.3 Å². The topological polar surface area (TPSA) is 30.7 Å². The molecule has 0 saturated carbocycles. The van der Waals surface area contributed by atoms with Crippen molar-refractivity contribution >= 4 is 0 Å². The Labute approximate surface area is 95.1 Å². The first-order valence-corrected chi connectivity index (χ1v) is 5.88. The molecule has 2 aromatic rings. The minimum atomic E-state index is 0.897. The summed E-state index contributed by atoms with van der Waals surface area (Å²) < 4.78 is 2.29. The molecule has 1 aliphatic heterocycles. The lowest BCUT2D eigenvalue weighted by Crippen LogP contribution is -2.13. The van der Waals surface area contributed by atoms with Gasteiger partial charge in [0.25, 0.3) is 0 Å². The predicted molar refractivity (Wildman–Crippen MR) is 62.2 cm³/mol. The van der Waals surface area contributed by atoms with Crippen molar-refractivity contribution in [3.05, 3.63) is 47.5 Å². The van der Waals surface area contributed by atoms with Crippen LogP contribution in [0.1, 0.15) is 30.1 Å². The summed E-state index contributed by atoms with van der Waals surface area (Å²) in [7, 11) is 0. The van der Waals surface area contributed by atoms with Gasteiger partial charge in [-0.25, -0.2) is 0 Å². The number of hydrogen-bond donors (Lipinski definition) is 0. The molecule has 0 unspecified atom stereocenters. The van der Waals surface area contributed by atoms with Gasteiger partial charge >= 0.3 is 0 Å². The van der Waals surface area contributed by atoms with Gasteiger partial charge in [0.05, 0.1) is 0 Å². The Morgan fingerprint density at radius 1 is 1.06 bits per heavy atom. The van der Waals surface area contributed by atoms with E-state index >= 15 is 0 Å². The van der Waals surface area contributed by atoms with E-state index in [0.29, 0.717) is 0 Å². The van der Waals surface area contributed by atoms with Gasteiger partial charge in [0.15, 0.2) is 0 Å². The Morgan fingerprint density at radius 3 is 2.81 bits per heavy atom. The molecule has 1 aliphatic rings. The maximum Gasteiger partial charge on any atom is 0.137 e. The SMILES string of the molecule is c1ccc(Cc2nnc3n2CCCC3)cc1. The number of aromatic nitrogens is 3. The van der Waals surface area contributed by atoms with Crippen molar-refractivity contribution in [2.24, 2.45) is 0 Å². The molecule has 1 aromatic carbocycles. The molecule has 0 amide bonds. The second-order valence-corrected chi connectivity index (χ2v) is 4.30. The average molecular weight is 213 g/mol. The highest BCUT2D eigenvalue weighted by molar-refractivity contribution is 5.19. The van der Waals surface area contributed by atoms with Crippen LogP contribution in [0.25, 0.3) is 0 Å². The second-order valence-electron chi connectivity index (χ2n) is 4.30. The van der Waals surface area contributed by atoms with Crippen LogP contribution in [0, 0.1) is 0 Å². The highest BCUT2D eigenvalue weighted by Gasteiger charge is 2.15. The highest BCUT2D eigenvalue weighted by atomic mass is 15.3. The molecule has 0 radical (unpaired) electrons. The monoisotopic (exact) mass is 213 g/mol. The molecule has 0 spiro atoms. The summed E-state index contributed by atoms with van der Waals surface area (Å²) in [5, 5.41) is 8.57. The average Bonchev–Trinajstić information content (AvgIpc) is 2.74. The van der Waals surface area contributed by atoms with Crippen LogP contribution in [0.3, 0.4) is 0 Å². The maximum absolute atomic E-state index is 4.31. The number of fused-ring (bicyclic) bond motifs is 1. The third-order valence-electron chi connectivity index (χ3n) is 3.14.